The van der Waals surface area contributed by atoms with E-state index >= 15 is 0 Å². The number of hydrogen-bond acceptors (Lipinski definition) is 2. The Kier molecular flexibility index (Phi) is 4.40. The minimum absolute atomic E-state index is 0.318. The smallest absolute Gasteiger partial charge is 0.109 e. The van der Waals surface area contributed by atoms with Gasteiger partial charge in [-0.2, -0.15) is 0 Å². The van der Waals surface area contributed by atoms with Gasteiger partial charge in [-0.05, 0) is 56.7 Å². The normalized spacial score (nSPS) is 20.5. The van der Waals surface area contributed by atoms with Gasteiger partial charge in [0, 0.05) is 30.1 Å². The fourth-order valence-corrected chi connectivity index (χ4v) is 3.24. The molecule has 4 rings (SSSR count). The molecule has 0 spiro atoms. The molecule has 2 heterocycles. The quantitative estimate of drug-likeness (QED) is 0.858. The summed E-state index contributed by atoms with van der Waals surface area (Å²) < 4.78 is 5.81. The highest BCUT2D eigenvalue weighted by Gasteiger charge is 2.18. The van der Waals surface area contributed by atoms with Crippen LogP contribution < -0.4 is 0 Å². The number of H-pyrrole nitrogens is 1. The largest absolute Gasteiger partial charge is 0.378 e. The average Bonchev–Trinajstić information content (AvgIpc) is 3.32. The van der Waals surface area contributed by atoms with Crippen LogP contribution in [0.4, 0.5) is 0 Å². The number of imidazole rings is 1. The molecule has 1 unspecified atom stereocenters. The molecule has 24 heavy (non-hydrogen) atoms. The molecule has 2 fully saturated rings. The van der Waals surface area contributed by atoms with E-state index in [9.17, 15) is 0 Å². The Morgan fingerprint density at radius 1 is 1.25 bits per heavy atom. The van der Waals surface area contributed by atoms with Gasteiger partial charge >= 0.3 is 0 Å². The van der Waals surface area contributed by atoms with Gasteiger partial charge in [0.2, 0.25) is 0 Å². The maximum atomic E-state index is 5.81. The standard InChI is InChI=1S/C21H24N2O/c1-15-12-17(8-7-16-5-6-16)9-10-19(15)20-14-22-21(23-20)13-18-4-2-3-11-24-18/h9-10,12,14,16,18H,2-6,11,13H2,1H3,(H,22,23). The van der Waals surface area contributed by atoms with Crippen molar-refractivity contribution >= 4 is 0 Å². The SMILES string of the molecule is Cc1cc(C#CC2CC2)ccc1-c1cnc(CC2CCCCO2)[nH]1. The molecule has 1 aliphatic carbocycles. The summed E-state index contributed by atoms with van der Waals surface area (Å²) in [5, 5.41) is 0. The first-order valence-corrected chi connectivity index (χ1v) is 9.06. The molecule has 2 aliphatic rings. The first-order valence-electron chi connectivity index (χ1n) is 9.06. The summed E-state index contributed by atoms with van der Waals surface area (Å²) in [6.07, 6.45) is 9.27. The summed E-state index contributed by atoms with van der Waals surface area (Å²) in [7, 11) is 0. The summed E-state index contributed by atoms with van der Waals surface area (Å²) in [6.45, 7) is 3.03. The lowest BCUT2D eigenvalue weighted by Crippen LogP contribution is -2.21. The predicted octanol–water partition coefficient (Wildman–Crippen LogP) is 4.26. The third kappa shape index (κ3) is 3.71. The van der Waals surface area contributed by atoms with Crippen molar-refractivity contribution in [2.24, 2.45) is 5.92 Å². The lowest BCUT2D eigenvalue weighted by Gasteiger charge is -2.21. The number of rotatable bonds is 3. The maximum absolute atomic E-state index is 5.81. The number of ether oxygens (including phenoxy) is 1. The van der Waals surface area contributed by atoms with Crippen molar-refractivity contribution in [3.8, 4) is 23.1 Å². The molecule has 1 aromatic carbocycles. The highest BCUT2D eigenvalue weighted by atomic mass is 16.5. The van der Waals surface area contributed by atoms with E-state index in [4.69, 9.17) is 4.74 Å². The fourth-order valence-electron chi connectivity index (χ4n) is 3.24. The number of hydrogen-bond donors (Lipinski definition) is 1. The third-order valence-electron chi connectivity index (χ3n) is 4.84. The molecule has 0 radical (unpaired) electrons. The van der Waals surface area contributed by atoms with Crippen LogP contribution in [0.1, 0.15) is 49.1 Å². The van der Waals surface area contributed by atoms with E-state index in [-0.39, 0.29) is 0 Å². The van der Waals surface area contributed by atoms with E-state index in [0.717, 1.165) is 36.5 Å². The highest BCUT2D eigenvalue weighted by molar-refractivity contribution is 5.64. The van der Waals surface area contributed by atoms with Crippen molar-refractivity contribution in [1.82, 2.24) is 9.97 Å². The summed E-state index contributed by atoms with van der Waals surface area (Å²) in [5.41, 5.74) is 4.63. The van der Waals surface area contributed by atoms with Crippen molar-refractivity contribution in [1.29, 1.82) is 0 Å². The lowest BCUT2D eigenvalue weighted by molar-refractivity contribution is 0.0157. The zero-order valence-electron chi connectivity index (χ0n) is 14.3. The van der Waals surface area contributed by atoms with Crippen LogP contribution in [0, 0.1) is 24.7 Å². The summed E-state index contributed by atoms with van der Waals surface area (Å²) in [5.74, 6) is 8.28. The predicted molar refractivity (Wildman–Crippen MR) is 95.7 cm³/mol. The molecule has 1 aliphatic heterocycles. The first kappa shape index (κ1) is 15.5. The van der Waals surface area contributed by atoms with Crippen LogP contribution in [0.25, 0.3) is 11.3 Å². The zero-order chi connectivity index (χ0) is 16.4. The molecule has 0 bridgehead atoms. The zero-order valence-corrected chi connectivity index (χ0v) is 14.3. The molecule has 1 N–H and O–H groups in total. The molecule has 3 nitrogen and oxygen atoms in total. The molecule has 1 saturated heterocycles. The van der Waals surface area contributed by atoms with Crippen molar-refractivity contribution in [2.75, 3.05) is 6.61 Å². The van der Waals surface area contributed by atoms with Crippen LogP contribution in [0.3, 0.4) is 0 Å². The molecule has 2 aromatic rings. The third-order valence-corrected chi connectivity index (χ3v) is 4.84. The summed E-state index contributed by atoms with van der Waals surface area (Å²) >= 11 is 0. The maximum Gasteiger partial charge on any atom is 0.109 e. The topological polar surface area (TPSA) is 37.9 Å². The second kappa shape index (κ2) is 6.83. The Morgan fingerprint density at radius 3 is 2.92 bits per heavy atom. The van der Waals surface area contributed by atoms with E-state index in [1.54, 1.807) is 0 Å². The Morgan fingerprint density at radius 2 is 2.17 bits per heavy atom. The average molecular weight is 320 g/mol. The van der Waals surface area contributed by atoms with E-state index in [1.807, 2.05) is 6.20 Å². The number of aromatic nitrogens is 2. The Hall–Kier alpha value is -2.05. The minimum atomic E-state index is 0.318. The van der Waals surface area contributed by atoms with Gasteiger partial charge in [-0.1, -0.05) is 17.9 Å². The molecule has 124 valence electrons. The first-order chi connectivity index (χ1) is 11.8. The van der Waals surface area contributed by atoms with Gasteiger partial charge in [-0.15, -0.1) is 0 Å². The van der Waals surface area contributed by atoms with Gasteiger partial charge in [-0.3, -0.25) is 0 Å². The molecule has 1 atom stereocenters. The van der Waals surface area contributed by atoms with Gasteiger partial charge in [0.25, 0.3) is 0 Å². The Balaban J connectivity index is 1.48. The number of aryl methyl sites for hydroxylation is 1. The second-order valence-electron chi connectivity index (χ2n) is 7.01. The van der Waals surface area contributed by atoms with Crippen LogP contribution in [0.15, 0.2) is 24.4 Å². The summed E-state index contributed by atoms with van der Waals surface area (Å²) in [6, 6.07) is 6.44. The van der Waals surface area contributed by atoms with Crippen molar-refractivity contribution in [3.63, 3.8) is 0 Å². The summed E-state index contributed by atoms with van der Waals surface area (Å²) in [4.78, 5) is 8.02. The van der Waals surface area contributed by atoms with E-state index in [0.29, 0.717) is 12.0 Å². The van der Waals surface area contributed by atoms with Crippen LogP contribution in [-0.4, -0.2) is 22.7 Å². The van der Waals surface area contributed by atoms with Crippen LogP contribution >= 0.6 is 0 Å². The highest BCUT2D eigenvalue weighted by Crippen LogP contribution is 2.28. The molecular formula is C21H24N2O. The number of aromatic amines is 1. The fraction of sp³-hybridized carbons (Fsp3) is 0.476. The van der Waals surface area contributed by atoms with Crippen molar-refractivity contribution in [2.45, 2.75) is 51.6 Å². The van der Waals surface area contributed by atoms with Crippen molar-refractivity contribution < 1.29 is 4.74 Å². The lowest BCUT2D eigenvalue weighted by atomic mass is 10.0. The number of nitrogens with zero attached hydrogens (tertiary/aromatic N) is 1. The van der Waals surface area contributed by atoms with Gasteiger partial charge in [0.15, 0.2) is 0 Å². The number of benzene rings is 1. The van der Waals surface area contributed by atoms with Gasteiger partial charge < -0.3 is 9.72 Å². The number of nitrogens with one attached hydrogen (secondary N) is 1. The van der Waals surface area contributed by atoms with E-state index in [1.165, 1.54) is 36.8 Å². The molecule has 3 heteroatoms. The molecule has 1 aromatic heterocycles. The van der Waals surface area contributed by atoms with Gasteiger partial charge in [0.1, 0.15) is 5.82 Å². The van der Waals surface area contributed by atoms with Crippen LogP contribution in [0.2, 0.25) is 0 Å². The van der Waals surface area contributed by atoms with Crippen LogP contribution in [0.5, 0.6) is 0 Å². The minimum Gasteiger partial charge on any atom is -0.378 e. The van der Waals surface area contributed by atoms with Gasteiger partial charge in [0.05, 0.1) is 18.0 Å². The van der Waals surface area contributed by atoms with Crippen LogP contribution in [-0.2, 0) is 11.2 Å². The Labute approximate surface area is 143 Å². The molecular weight excluding hydrogens is 296 g/mol. The Bertz CT molecular complexity index is 771. The molecule has 1 saturated carbocycles. The van der Waals surface area contributed by atoms with Crippen molar-refractivity contribution in [3.05, 3.63) is 41.3 Å². The van der Waals surface area contributed by atoms with Gasteiger partial charge in [-0.25, -0.2) is 4.98 Å². The van der Waals surface area contributed by atoms with E-state index in [2.05, 4.69) is 46.9 Å². The second-order valence-corrected chi connectivity index (χ2v) is 7.01. The van der Waals surface area contributed by atoms with E-state index < -0.39 is 0 Å². The molecule has 0 amide bonds. The monoisotopic (exact) mass is 320 g/mol.